The summed E-state index contributed by atoms with van der Waals surface area (Å²) in [6, 6.07) is 76.0. The van der Waals surface area contributed by atoms with Gasteiger partial charge in [-0.05, 0) is 149 Å². The third-order valence-corrected chi connectivity index (χ3v) is 24.7. The maximum atomic E-state index is 13.0. The molecule has 16 nitrogen and oxygen atoms in total. The highest BCUT2D eigenvalue weighted by atomic mass is 35.5. The van der Waals surface area contributed by atoms with E-state index in [0.717, 1.165) is 22.8 Å². The number of para-hydroxylation sites is 4. The maximum absolute atomic E-state index is 13.0. The first kappa shape index (κ1) is 72.4. The monoisotopic (exact) mass is 1500 g/mol. The van der Waals surface area contributed by atoms with E-state index in [9.17, 15) is 43.8 Å². The van der Waals surface area contributed by atoms with E-state index in [2.05, 4.69) is 0 Å². The molecule has 0 spiro atoms. The number of nitro benzene ring substituents is 1. The van der Waals surface area contributed by atoms with Gasteiger partial charge in [0.1, 0.15) is 61.0 Å². The van der Waals surface area contributed by atoms with Crippen LogP contribution >= 0.6 is 57.5 Å². The number of rotatable bonds is 20. The minimum Gasteiger partial charge on any atom is -0.486 e. The summed E-state index contributed by atoms with van der Waals surface area (Å²) in [5.41, 5.74) is 3.69. The van der Waals surface area contributed by atoms with Gasteiger partial charge in [0.15, 0.2) is 50.8 Å². The van der Waals surface area contributed by atoms with Crippen molar-refractivity contribution in [2.45, 2.75) is 41.2 Å². The van der Waals surface area contributed by atoms with E-state index in [1.54, 1.807) is 126 Å². The quantitative estimate of drug-likeness (QED) is 0.0511. The number of ether oxygens (including phenoxy) is 5. The molecule has 0 radical (unpaired) electrons. The van der Waals surface area contributed by atoms with Gasteiger partial charge in [0.2, 0.25) is 0 Å². The summed E-state index contributed by atoms with van der Waals surface area (Å²) in [6.45, 7) is 0.835. The fraction of sp³-hybridized carbons (Fsp3) is 0.0811. The van der Waals surface area contributed by atoms with Gasteiger partial charge in [-0.25, -0.2) is 33.7 Å². The van der Waals surface area contributed by atoms with E-state index in [1.807, 2.05) is 109 Å². The Bertz CT molecular complexity index is 5200. The van der Waals surface area contributed by atoms with E-state index >= 15 is 0 Å². The van der Waals surface area contributed by atoms with Crippen molar-refractivity contribution in [1.29, 1.82) is 0 Å². The molecule has 2 aromatic heterocycles. The molecule has 25 heteroatoms. The fourth-order valence-electron chi connectivity index (χ4n) is 9.76. The Morgan fingerprint density at radius 2 is 0.778 bits per heavy atom. The number of halogens is 3. The zero-order valence-corrected chi connectivity index (χ0v) is 59.1. The summed E-state index contributed by atoms with van der Waals surface area (Å²) < 4.78 is 131. The van der Waals surface area contributed by atoms with E-state index < -0.39 is 55.7 Å². The van der Waals surface area contributed by atoms with Crippen LogP contribution in [0.1, 0.15) is 22.3 Å². The van der Waals surface area contributed by atoms with Gasteiger partial charge in [-0.3, -0.25) is 10.1 Å². The average Bonchev–Trinajstić information content (AvgIpc) is 1.44. The minimum atomic E-state index is -4.00. The Labute approximate surface area is 596 Å². The summed E-state index contributed by atoms with van der Waals surface area (Å²) >= 11 is 20.6. The van der Waals surface area contributed by atoms with Gasteiger partial charge >= 0.3 is 0 Å². The van der Waals surface area contributed by atoms with Crippen LogP contribution in [0.15, 0.2) is 296 Å². The average molecular weight is 1500 g/mol. The van der Waals surface area contributed by atoms with Crippen molar-refractivity contribution in [3.05, 3.63) is 325 Å². The molecule has 13 rings (SSSR count). The van der Waals surface area contributed by atoms with Crippen LogP contribution in [0, 0.1) is 10.1 Å². The maximum Gasteiger partial charge on any atom is 0.287 e. The first-order valence-corrected chi connectivity index (χ1v) is 39.4. The number of benzene rings is 10. The molecule has 0 aliphatic carbocycles. The molecule has 1 aliphatic heterocycles. The van der Waals surface area contributed by atoms with Crippen molar-refractivity contribution in [3.63, 3.8) is 0 Å². The molecule has 1 aliphatic rings. The molecular formula is C74H58Cl3NO15S6. The van der Waals surface area contributed by atoms with Gasteiger partial charge in [0.25, 0.3) is 5.69 Å². The second kappa shape index (κ2) is 33.5. The molecule has 0 atom stereocenters. The van der Waals surface area contributed by atoms with Gasteiger partial charge in [-0.15, -0.1) is 22.7 Å². The minimum absolute atomic E-state index is 0.0264. The smallest absolute Gasteiger partial charge is 0.287 e. The van der Waals surface area contributed by atoms with Gasteiger partial charge < -0.3 is 23.7 Å². The Hall–Kier alpha value is -9.33. The molecule has 99 heavy (non-hydrogen) atoms. The summed E-state index contributed by atoms with van der Waals surface area (Å²) in [6.07, 6.45) is 0. The standard InChI is InChI=1S/C21H17ClO5S.C19H14ClNO5S.C17H13ClO3S2.C17H14O2S2/c22-16-6-8-19(27-17-4-2-1-3-5-17)15(12-16)14-28(23,24)18-7-9-20-21(13-18)26-11-10-25-20;20-15-10-11-18(26-16-6-2-1-3-7-16)14(12-15)13-27(24,25)19-9-5-4-8-17(19)21(22)23;18-14-8-9-16(21-15-5-2-1-3-6-15)13(11-14)12-23(19,20)17-7-4-10-22-17;18-21(19,17-11-6-12-20-17)13-15-9-4-5-10-16(15)14-7-2-1-3-8-14/h1-9,12-13H,10-11,14H2;1-12H,13H2;1-11H,12H2;1-12H,13H2. The van der Waals surface area contributed by atoms with Crippen LogP contribution in [-0.2, 0) is 62.4 Å². The lowest BCUT2D eigenvalue weighted by Crippen LogP contribution is -2.16. The van der Waals surface area contributed by atoms with Gasteiger partial charge in [-0.2, -0.15) is 0 Å². The van der Waals surface area contributed by atoms with Crippen LogP contribution in [-0.4, -0.2) is 51.8 Å². The number of nitrogens with zero attached hydrogens (tertiary/aromatic N) is 1. The molecular weight excluding hydrogens is 1440 g/mol. The fourth-order valence-corrected chi connectivity index (χ4v) is 18.2. The van der Waals surface area contributed by atoms with Gasteiger partial charge in [0, 0.05) is 43.9 Å². The summed E-state index contributed by atoms with van der Waals surface area (Å²) in [5.74, 6) is 3.13. The molecule has 3 heterocycles. The SMILES string of the molecule is O=S(=O)(Cc1cc(Cl)ccc1Oc1ccccc1)c1ccc2c(c1)OCCO2.O=S(=O)(Cc1cc(Cl)ccc1Oc1ccccc1)c1cccs1.O=S(=O)(Cc1ccccc1-c1ccccc1)c1cccs1.O=[N+]([O-])c1ccccc1S(=O)(=O)Cc1cc(Cl)ccc1Oc1ccccc1. The van der Waals surface area contributed by atoms with E-state index in [1.165, 1.54) is 59.1 Å². The van der Waals surface area contributed by atoms with Crippen molar-refractivity contribution in [3.8, 4) is 57.1 Å². The molecule has 10 aromatic carbocycles. The highest BCUT2D eigenvalue weighted by Gasteiger charge is 2.28. The molecule has 0 saturated heterocycles. The molecule has 0 N–H and O–H groups in total. The number of thiophene rings is 2. The third-order valence-electron chi connectivity index (χ3n) is 14.3. The second-order valence-electron chi connectivity index (χ2n) is 21.5. The highest BCUT2D eigenvalue weighted by molar-refractivity contribution is 7.93. The predicted molar refractivity (Wildman–Crippen MR) is 389 cm³/mol. The molecule has 0 bridgehead atoms. The Morgan fingerprint density at radius 3 is 1.23 bits per heavy atom. The molecule has 0 amide bonds. The number of sulfone groups is 4. The topological polar surface area (TPSA) is 226 Å². The summed E-state index contributed by atoms with van der Waals surface area (Å²) in [5, 5.41) is 16.0. The largest absolute Gasteiger partial charge is 0.486 e. The van der Waals surface area contributed by atoms with Crippen LogP contribution in [0.4, 0.5) is 5.69 Å². The molecule has 12 aromatic rings. The van der Waals surface area contributed by atoms with E-state index in [-0.39, 0.29) is 27.0 Å². The lowest BCUT2D eigenvalue weighted by molar-refractivity contribution is -0.387. The van der Waals surface area contributed by atoms with Crippen molar-refractivity contribution in [2.24, 2.45) is 0 Å². The van der Waals surface area contributed by atoms with Crippen LogP contribution in [0.25, 0.3) is 11.1 Å². The summed E-state index contributed by atoms with van der Waals surface area (Å²) in [7, 11) is -14.4. The van der Waals surface area contributed by atoms with Crippen molar-refractivity contribution in [1.82, 2.24) is 0 Å². The zero-order valence-electron chi connectivity index (χ0n) is 52.0. The third kappa shape index (κ3) is 20.2. The van der Waals surface area contributed by atoms with Crippen LogP contribution < -0.4 is 23.7 Å². The van der Waals surface area contributed by atoms with Gasteiger partial charge in [-0.1, -0.05) is 168 Å². The number of nitro groups is 1. The number of hydrogen-bond acceptors (Lipinski definition) is 17. The van der Waals surface area contributed by atoms with Crippen molar-refractivity contribution < 1.29 is 62.3 Å². The molecule has 0 saturated carbocycles. The van der Waals surface area contributed by atoms with E-state index in [4.69, 9.17) is 58.5 Å². The molecule has 0 unspecified atom stereocenters. The lowest BCUT2D eigenvalue weighted by atomic mass is 10.0. The first-order chi connectivity index (χ1) is 47.6. The number of hydrogen-bond donors (Lipinski definition) is 0. The van der Waals surface area contributed by atoms with Crippen LogP contribution in [0.3, 0.4) is 0 Å². The first-order valence-electron chi connectivity index (χ1n) is 29.9. The Balaban J connectivity index is 0.000000144. The Kier molecular flexibility index (Phi) is 24.5. The predicted octanol–water partition coefficient (Wildman–Crippen LogP) is 19.4. The second-order valence-corrected chi connectivity index (χ2v) is 33.0. The lowest BCUT2D eigenvalue weighted by Gasteiger charge is -2.19. The molecule has 506 valence electrons. The number of fused-ring (bicyclic) bond motifs is 1. The van der Waals surface area contributed by atoms with Crippen LogP contribution in [0.5, 0.6) is 46.0 Å². The van der Waals surface area contributed by atoms with Crippen LogP contribution in [0.2, 0.25) is 15.1 Å². The highest BCUT2D eigenvalue weighted by Crippen LogP contribution is 2.38. The van der Waals surface area contributed by atoms with Gasteiger partial charge in [0.05, 0.1) is 32.8 Å². The van der Waals surface area contributed by atoms with Crippen molar-refractivity contribution >= 4 is 103 Å². The normalized spacial score (nSPS) is 11.8. The summed E-state index contributed by atoms with van der Waals surface area (Å²) in [4.78, 5) is 10.3. The van der Waals surface area contributed by atoms with E-state index in [0.29, 0.717) is 99.4 Å². The Morgan fingerprint density at radius 1 is 0.384 bits per heavy atom. The zero-order chi connectivity index (χ0) is 70.0. The van der Waals surface area contributed by atoms with Crippen molar-refractivity contribution in [2.75, 3.05) is 13.2 Å². The molecule has 0 fully saturated rings.